The van der Waals surface area contributed by atoms with Crippen molar-refractivity contribution >= 4 is 22.6 Å². The van der Waals surface area contributed by atoms with Crippen LogP contribution in [0.5, 0.6) is 0 Å². The van der Waals surface area contributed by atoms with Gasteiger partial charge in [0, 0.05) is 24.0 Å². The molecule has 2 heterocycles. The van der Waals surface area contributed by atoms with E-state index < -0.39 is 0 Å². The van der Waals surface area contributed by atoms with Gasteiger partial charge in [-0.05, 0) is 31.4 Å². The van der Waals surface area contributed by atoms with Crippen molar-refractivity contribution in [3.63, 3.8) is 0 Å². The molecule has 5 heteroatoms. The van der Waals surface area contributed by atoms with Crippen molar-refractivity contribution in [2.75, 3.05) is 18.4 Å². The number of benzene rings is 1. The van der Waals surface area contributed by atoms with E-state index in [0.717, 1.165) is 36.8 Å². The lowest BCUT2D eigenvalue weighted by Gasteiger charge is -2.26. The SMILES string of the molecule is O=C(Nc1cc2ccccc2[nH]c1=O)N1CCCCC1. The molecule has 1 aromatic heterocycles. The van der Waals surface area contributed by atoms with E-state index in [1.165, 1.54) is 6.42 Å². The maximum Gasteiger partial charge on any atom is 0.321 e. The molecule has 0 saturated carbocycles. The van der Waals surface area contributed by atoms with Gasteiger partial charge in [0.25, 0.3) is 5.56 Å². The number of rotatable bonds is 1. The quantitative estimate of drug-likeness (QED) is 0.837. The van der Waals surface area contributed by atoms with Crippen molar-refractivity contribution in [2.45, 2.75) is 19.3 Å². The van der Waals surface area contributed by atoms with Crippen molar-refractivity contribution in [2.24, 2.45) is 0 Å². The van der Waals surface area contributed by atoms with Gasteiger partial charge in [0.1, 0.15) is 5.69 Å². The number of amides is 2. The number of anilines is 1. The van der Waals surface area contributed by atoms with E-state index in [0.29, 0.717) is 5.69 Å². The molecule has 3 rings (SSSR count). The molecule has 1 fully saturated rings. The molecule has 0 unspecified atom stereocenters. The van der Waals surface area contributed by atoms with Crippen molar-refractivity contribution in [3.8, 4) is 0 Å². The van der Waals surface area contributed by atoms with Crippen LogP contribution in [0.15, 0.2) is 35.1 Å². The molecule has 0 radical (unpaired) electrons. The summed E-state index contributed by atoms with van der Waals surface area (Å²) >= 11 is 0. The van der Waals surface area contributed by atoms with Crippen LogP contribution in [0.3, 0.4) is 0 Å². The second kappa shape index (κ2) is 5.36. The van der Waals surface area contributed by atoms with Crippen LogP contribution >= 0.6 is 0 Å². The molecular formula is C15H17N3O2. The Hall–Kier alpha value is -2.30. The number of H-pyrrole nitrogens is 1. The maximum atomic E-state index is 12.1. The molecule has 1 aliphatic rings. The highest BCUT2D eigenvalue weighted by atomic mass is 16.2. The first-order valence-corrected chi connectivity index (χ1v) is 6.92. The standard InChI is InChI=1S/C15H17N3O2/c19-14-13(10-11-6-2-3-7-12(11)16-14)17-15(20)18-8-4-1-5-9-18/h2-3,6-7,10H,1,4-5,8-9H2,(H,16,19)(H,17,20). The molecule has 104 valence electrons. The number of hydrogen-bond donors (Lipinski definition) is 2. The number of urea groups is 1. The average molecular weight is 271 g/mol. The Bertz CT molecular complexity index is 687. The number of pyridine rings is 1. The number of carbonyl (C=O) groups is 1. The fourth-order valence-electron chi connectivity index (χ4n) is 2.53. The van der Waals surface area contributed by atoms with E-state index in [-0.39, 0.29) is 11.6 Å². The van der Waals surface area contributed by atoms with Crippen molar-refractivity contribution in [1.29, 1.82) is 0 Å². The Morgan fingerprint density at radius 2 is 1.90 bits per heavy atom. The first-order chi connectivity index (χ1) is 9.74. The summed E-state index contributed by atoms with van der Waals surface area (Å²) in [6.45, 7) is 1.52. The zero-order chi connectivity index (χ0) is 13.9. The first kappa shape index (κ1) is 12.7. The van der Waals surface area contributed by atoms with E-state index in [2.05, 4.69) is 10.3 Å². The topological polar surface area (TPSA) is 65.2 Å². The van der Waals surface area contributed by atoms with Crippen LogP contribution in [0, 0.1) is 0 Å². The van der Waals surface area contributed by atoms with E-state index in [1.54, 1.807) is 11.0 Å². The van der Waals surface area contributed by atoms with Gasteiger partial charge < -0.3 is 15.2 Å². The Labute approximate surface area is 116 Å². The third-order valence-corrected chi connectivity index (χ3v) is 3.64. The Kier molecular flexibility index (Phi) is 3.41. The van der Waals surface area contributed by atoms with Gasteiger partial charge in [-0.2, -0.15) is 0 Å². The number of hydrogen-bond acceptors (Lipinski definition) is 2. The fourth-order valence-corrected chi connectivity index (χ4v) is 2.53. The van der Waals surface area contributed by atoms with Crippen LogP contribution in [0.25, 0.3) is 10.9 Å². The number of carbonyl (C=O) groups excluding carboxylic acids is 1. The lowest BCUT2D eigenvalue weighted by Crippen LogP contribution is -2.39. The monoisotopic (exact) mass is 271 g/mol. The van der Waals surface area contributed by atoms with Crippen molar-refractivity contribution < 1.29 is 4.79 Å². The normalized spacial score (nSPS) is 15.3. The van der Waals surface area contributed by atoms with E-state index >= 15 is 0 Å². The van der Waals surface area contributed by atoms with Gasteiger partial charge in [-0.15, -0.1) is 0 Å². The zero-order valence-corrected chi connectivity index (χ0v) is 11.2. The minimum absolute atomic E-state index is 0.189. The maximum absolute atomic E-state index is 12.1. The second-order valence-corrected chi connectivity index (χ2v) is 5.08. The number of piperidine rings is 1. The average Bonchev–Trinajstić information content (AvgIpc) is 2.49. The van der Waals surface area contributed by atoms with Gasteiger partial charge >= 0.3 is 6.03 Å². The predicted molar refractivity (Wildman–Crippen MR) is 79.0 cm³/mol. The number of para-hydroxylation sites is 1. The van der Waals surface area contributed by atoms with Gasteiger partial charge in [0.2, 0.25) is 0 Å². The Morgan fingerprint density at radius 3 is 2.70 bits per heavy atom. The minimum Gasteiger partial charge on any atom is -0.325 e. The highest BCUT2D eigenvalue weighted by Gasteiger charge is 2.17. The molecular weight excluding hydrogens is 254 g/mol. The van der Waals surface area contributed by atoms with Gasteiger partial charge in [-0.1, -0.05) is 18.2 Å². The van der Waals surface area contributed by atoms with Crippen molar-refractivity contribution in [1.82, 2.24) is 9.88 Å². The Morgan fingerprint density at radius 1 is 1.15 bits per heavy atom. The van der Waals surface area contributed by atoms with E-state index in [1.807, 2.05) is 24.3 Å². The van der Waals surface area contributed by atoms with Crippen LogP contribution in [-0.2, 0) is 0 Å². The smallest absolute Gasteiger partial charge is 0.321 e. The number of aromatic amines is 1. The number of aromatic nitrogens is 1. The summed E-state index contributed by atoms with van der Waals surface area (Å²) in [6.07, 6.45) is 3.23. The molecule has 2 N–H and O–H groups in total. The van der Waals surface area contributed by atoms with Crippen LogP contribution in [0.1, 0.15) is 19.3 Å². The van der Waals surface area contributed by atoms with E-state index in [4.69, 9.17) is 0 Å². The molecule has 0 aliphatic carbocycles. The summed E-state index contributed by atoms with van der Waals surface area (Å²) in [5.41, 5.74) is 0.807. The lowest BCUT2D eigenvalue weighted by molar-refractivity contribution is 0.200. The van der Waals surface area contributed by atoms with E-state index in [9.17, 15) is 9.59 Å². The second-order valence-electron chi connectivity index (χ2n) is 5.08. The first-order valence-electron chi connectivity index (χ1n) is 6.92. The molecule has 0 spiro atoms. The molecule has 2 aromatic rings. The summed E-state index contributed by atoms with van der Waals surface area (Å²) in [7, 11) is 0. The number of fused-ring (bicyclic) bond motifs is 1. The number of nitrogens with one attached hydrogen (secondary N) is 2. The fraction of sp³-hybridized carbons (Fsp3) is 0.333. The van der Waals surface area contributed by atoms with Gasteiger partial charge in [-0.3, -0.25) is 4.79 Å². The summed E-state index contributed by atoms with van der Waals surface area (Å²) in [4.78, 5) is 28.6. The van der Waals surface area contributed by atoms with Crippen LogP contribution in [0.2, 0.25) is 0 Å². The Balaban J connectivity index is 1.84. The number of likely N-dealkylation sites (tertiary alicyclic amines) is 1. The summed E-state index contributed by atoms with van der Waals surface area (Å²) in [6, 6.07) is 9.04. The molecule has 5 nitrogen and oxygen atoms in total. The summed E-state index contributed by atoms with van der Waals surface area (Å²) in [5.74, 6) is 0. The van der Waals surface area contributed by atoms with Crippen LogP contribution in [-0.4, -0.2) is 29.0 Å². The third kappa shape index (κ3) is 2.52. The molecule has 1 aromatic carbocycles. The molecule has 1 saturated heterocycles. The molecule has 0 bridgehead atoms. The predicted octanol–water partition coefficient (Wildman–Crippen LogP) is 2.55. The lowest BCUT2D eigenvalue weighted by atomic mass is 10.1. The zero-order valence-electron chi connectivity index (χ0n) is 11.2. The summed E-state index contributed by atoms with van der Waals surface area (Å²) < 4.78 is 0. The van der Waals surface area contributed by atoms with Crippen LogP contribution < -0.4 is 10.9 Å². The minimum atomic E-state index is -0.269. The molecule has 2 amide bonds. The number of nitrogens with zero attached hydrogens (tertiary/aromatic N) is 1. The highest BCUT2D eigenvalue weighted by molar-refractivity contribution is 5.92. The van der Waals surface area contributed by atoms with Gasteiger partial charge in [-0.25, -0.2) is 4.79 Å². The van der Waals surface area contributed by atoms with Gasteiger partial charge in [0.05, 0.1) is 0 Å². The van der Waals surface area contributed by atoms with Crippen molar-refractivity contribution in [3.05, 3.63) is 40.7 Å². The van der Waals surface area contributed by atoms with Gasteiger partial charge in [0.15, 0.2) is 0 Å². The summed E-state index contributed by atoms with van der Waals surface area (Å²) in [5, 5.41) is 3.62. The highest BCUT2D eigenvalue weighted by Crippen LogP contribution is 2.14. The third-order valence-electron chi connectivity index (χ3n) is 3.64. The van der Waals surface area contributed by atoms with Crippen LogP contribution in [0.4, 0.5) is 10.5 Å². The molecule has 20 heavy (non-hydrogen) atoms. The largest absolute Gasteiger partial charge is 0.325 e. The molecule has 0 atom stereocenters. The molecule has 1 aliphatic heterocycles.